The van der Waals surface area contributed by atoms with E-state index in [0.717, 1.165) is 12.0 Å². The van der Waals surface area contributed by atoms with Gasteiger partial charge in [0, 0.05) is 17.1 Å². The highest BCUT2D eigenvalue weighted by Crippen LogP contribution is 2.22. The number of rotatable bonds is 6. The van der Waals surface area contributed by atoms with Crippen molar-refractivity contribution < 1.29 is 8.42 Å². The fraction of sp³-hybridized carbons (Fsp3) is 0.538. The molecule has 0 aliphatic heterocycles. The van der Waals surface area contributed by atoms with Gasteiger partial charge in [-0.25, -0.2) is 13.1 Å². The molecule has 19 heavy (non-hydrogen) atoms. The zero-order chi connectivity index (χ0) is 14.6. The molecule has 1 unspecified atom stereocenters. The minimum atomic E-state index is -3.52. The highest BCUT2D eigenvalue weighted by Gasteiger charge is 2.18. The highest BCUT2D eigenvalue weighted by atomic mass is 79.9. The lowest BCUT2D eigenvalue weighted by atomic mass is 10.1. The van der Waals surface area contributed by atoms with Crippen LogP contribution in [0.25, 0.3) is 0 Å². The van der Waals surface area contributed by atoms with Crippen LogP contribution in [0.5, 0.6) is 0 Å². The summed E-state index contributed by atoms with van der Waals surface area (Å²) in [7, 11) is -3.52. The van der Waals surface area contributed by atoms with Crippen LogP contribution in [0, 0.1) is 12.8 Å². The predicted octanol–water partition coefficient (Wildman–Crippen LogP) is 2.41. The third-order valence-electron chi connectivity index (χ3n) is 2.69. The predicted molar refractivity (Wildman–Crippen MR) is 81.5 cm³/mol. The van der Waals surface area contributed by atoms with E-state index in [9.17, 15) is 8.42 Å². The maximum atomic E-state index is 12.2. The smallest absolute Gasteiger partial charge is 0.241 e. The Hall–Kier alpha value is -0.430. The molecule has 0 aromatic heterocycles. The number of hydrogen-bond acceptors (Lipinski definition) is 3. The lowest BCUT2D eigenvalue weighted by Gasteiger charge is -2.15. The largest absolute Gasteiger partial charge is 0.327 e. The molecular formula is C13H21BrN2O2S. The molecule has 0 heterocycles. The standard InChI is InChI=1S/C13H21BrN2O2S/c1-9(2)6-11(15)8-16-19(17,18)13-5-4-10(3)7-12(13)14/h4-5,7,9,11,16H,6,8,15H2,1-3H3. The van der Waals surface area contributed by atoms with Gasteiger partial charge in [-0.15, -0.1) is 0 Å². The van der Waals surface area contributed by atoms with Crippen molar-refractivity contribution in [1.29, 1.82) is 0 Å². The fourth-order valence-corrected chi connectivity index (χ4v) is 4.09. The summed E-state index contributed by atoms with van der Waals surface area (Å²) in [5, 5.41) is 0. The van der Waals surface area contributed by atoms with Gasteiger partial charge >= 0.3 is 0 Å². The van der Waals surface area contributed by atoms with Crippen molar-refractivity contribution in [3.05, 3.63) is 28.2 Å². The van der Waals surface area contributed by atoms with E-state index in [0.29, 0.717) is 10.4 Å². The average Bonchev–Trinajstić information content (AvgIpc) is 2.25. The first-order valence-electron chi connectivity index (χ1n) is 6.23. The molecule has 4 nitrogen and oxygen atoms in total. The Morgan fingerprint density at radius 1 is 1.37 bits per heavy atom. The second-order valence-electron chi connectivity index (χ2n) is 5.18. The molecule has 0 spiro atoms. The molecule has 1 aromatic carbocycles. The third-order valence-corrected chi connectivity index (χ3v) is 5.09. The quantitative estimate of drug-likeness (QED) is 0.828. The van der Waals surface area contributed by atoms with Gasteiger partial charge in [-0.1, -0.05) is 19.9 Å². The molecule has 0 aliphatic carbocycles. The normalized spacial score (nSPS) is 13.8. The van der Waals surface area contributed by atoms with E-state index in [-0.39, 0.29) is 17.5 Å². The van der Waals surface area contributed by atoms with Crippen molar-refractivity contribution in [3.63, 3.8) is 0 Å². The zero-order valence-corrected chi connectivity index (χ0v) is 13.9. The summed E-state index contributed by atoms with van der Waals surface area (Å²) in [5.41, 5.74) is 6.89. The van der Waals surface area contributed by atoms with Crippen LogP contribution in [0.15, 0.2) is 27.6 Å². The molecule has 0 aliphatic rings. The molecule has 6 heteroatoms. The number of sulfonamides is 1. The third kappa shape index (κ3) is 5.22. The molecule has 0 amide bonds. The van der Waals surface area contributed by atoms with Crippen LogP contribution in [0.2, 0.25) is 0 Å². The lowest BCUT2D eigenvalue weighted by molar-refractivity contribution is 0.486. The van der Waals surface area contributed by atoms with Crippen molar-refractivity contribution in [2.24, 2.45) is 11.7 Å². The number of benzene rings is 1. The van der Waals surface area contributed by atoms with E-state index in [1.165, 1.54) is 0 Å². The Morgan fingerprint density at radius 2 is 2.00 bits per heavy atom. The SMILES string of the molecule is Cc1ccc(S(=O)(=O)NCC(N)CC(C)C)c(Br)c1. The van der Waals surface area contributed by atoms with E-state index >= 15 is 0 Å². The Morgan fingerprint density at radius 3 is 2.53 bits per heavy atom. The molecule has 108 valence electrons. The van der Waals surface area contributed by atoms with Crippen molar-refractivity contribution in [1.82, 2.24) is 4.72 Å². The van der Waals surface area contributed by atoms with E-state index in [1.54, 1.807) is 18.2 Å². The summed E-state index contributed by atoms with van der Waals surface area (Å²) in [6.45, 7) is 6.28. The molecule has 1 aromatic rings. The Kier molecular flexibility index (Phi) is 5.98. The highest BCUT2D eigenvalue weighted by molar-refractivity contribution is 9.10. The van der Waals surface area contributed by atoms with E-state index in [4.69, 9.17) is 5.73 Å². The molecule has 0 radical (unpaired) electrons. The molecule has 1 atom stereocenters. The van der Waals surface area contributed by atoms with Gasteiger partial charge in [0.25, 0.3) is 0 Å². The van der Waals surface area contributed by atoms with Gasteiger partial charge in [-0.2, -0.15) is 0 Å². The van der Waals surface area contributed by atoms with Crippen LogP contribution in [0.3, 0.4) is 0 Å². The van der Waals surface area contributed by atoms with Crippen LogP contribution in [0.4, 0.5) is 0 Å². The number of hydrogen-bond donors (Lipinski definition) is 2. The van der Waals surface area contributed by atoms with Crippen molar-refractivity contribution >= 4 is 26.0 Å². The lowest BCUT2D eigenvalue weighted by Crippen LogP contribution is -2.38. The van der Waals surface area contributed by atoms with E-state index < -0.39 is 10.0 Å². The molecule has 0 bridgehead atoms. The summed E-state index contributed by atoms with van der Waals surface area (Å²) in [6, 6.07) is 4.98. The summed E-state index contributed by atoms with van der Waals surface area (Å²) in [6.07, 6.45) is 0.789. The number of nitrogens with one attached hydrogen (secondary N) is 1. The van der Waals surface area contributed by atoms with Gasteiger partial charge in [-0.05, 0) is 52.9 Å². The van der Waals surface area contributed by atoms with Crippen LogP contribution in [-0.2, 0) is 10.0 Å². The van der Waals surface area contributed by atoms with Crippen molar-refractivity contribution in [2.45, 2.75) is 38.1 Å². The maximum absolute atomic E-state index is 12.2. The van der Waals surface area contributed by atoms with Crippen LogP contribution < -0.4 is 10.5 Å². The Labute approximate surface area is 124 Å². The van der Waals surface area contributed by atoms with Gasteiger partial charge in [0.1, 0.15) is 0 Å². The summed E-state index contributed by atoms with van der Waals surface area (Å²) >= 11 is 3.28. The van der Waals surface area contributed by atoms with Gasteiger partial charge in [0.05, 0.1) is 4.90 Å². The van der Waals surface area contributed by atoms with Crippen LogP contribution >= 0.6 is 15.9 Å². The van der Waals surface area contributed by atoms with E-state index in [1.807, 2.05) is 6.92 Å². The Bertz CT molecular complexity index is 529. The molecule has 1 rings (SSSR count). The topological polar surface area (TPSA) is 72.2 Å². The van der Waals surface area contributed by atoms with Crippen LogP contribution in [-0.4, -0.2) is 21.0 Å². The first kappa shape index (κ1) is 16.6. The number of halogens is 1. The van der Waals surface area contributed by atoms with Crippen LogP contribution in [0.1, 0.15) is 25.8 Å². The first-order valence-corrected chi connectivity index (χ1v) is 8.51. The van der Waals surface area contributed by atoms with Crippen molar-refractivity contribution in [3.8, 4) is 0 Å². The van der Waals surface area contributed by atoms with Gasteiger partial charge < -0.3 is 5.73 Å². The zero-order valence-electron chi connectivity index (χ0n) is 11.5. The summed E-state index contributed by atoms with van der Waals surface area (Å²) < 4.78 is 27.4. The molecular weight excluding hydrogens is 328 g/mol. The summed E-state index contributed by atoms with van der Waals surface area (Å²) in [4.78, 5) is 0.245. The average molecular weight is 349 g/mol. The number of nitrogens with two attached hydrogens (primary N) is 1. The minimum absolute atomic E-state index is 0.168. The summed E-state index contributed by atoms with van der Waals surface area (Å²) in [5.74, 6) is 0.450. The van der Waals surface area contributed by atoms with Gasteiger partial charge in [-0.3, -0.25) is 0 Å². The fourth-order valence-electron chi connectivity index (χ4n) is 1.81. The minimum Gasteiger partial charge on any atom is -0.327 e. The van der Waals surface area contributed by atoms with Gasteiger partial charge in [0.15, 0.2) is 0 Å². The van der Waals surface area contributed by atoms with Crippen molar-refractivity contribution in [2.75, 3.05) is 6.54 Å². The molecule has 0 saturated carbocycles. The number of aryl methyl sites for hydroxylation is 1. The second-order valence-corrected chi connectivity index (χ2v) is 7.77. The monoisotopic (exact) mass is 348 g/mol. The first-order chi connectivity index (χ1) is 8.72. The molecule has 0 fully saturated rings. The molecule has 0 saturated heterocycles. The molecule has 3 N–H and O–H groups in total. The maximum Gasteiger partial charge on any atom is 0.241 e. The van der Waals surface area contributed by atoms with Gasteiger partial charge in [0.2, 0.25) is 10.0 Å². The van der Waals surface area contributed by atoms with E-state index in [2.05, 4.69) is 34.5 Å². The Balaban J connectivity index is 2.76. The second kappa shape index (κ2) is 6.83.